The third-order valence-electron chi connectivity index (χ3n) is 4.60. The van der Waals surface area contributed by atoms with Crippen molar-refractivity contribution in [3.05, 3.63) is 65.5 Å². The third kappa shape index (κ3) is 2.32. The van der Waals surface area contributed by atoms with Crippen molar-refractivity contribution in [3.8, 4) is 5.75 Å². The molecule has 1 aliphatic rings. The first kappa shape index (κ1) is 14.1. The highest BCUT2D eigenvalue weighted by molar-refractivity contribution is 5.44. The summed E-state index contributed by atoms with van der Waals surface area (Å²) in [4.78, 5) is 0. The molecule has 2 atom stereocenters. The van der Waals surface area contributed by atoms with Crippen molar-refractivity contribution in [2.45, 2.75) is 37.2 Å². The standard InChI is InChI=1S/C18H19FO2/c19-16-6-2-1-5-15(16)18(12-4-3-7-17(18)21)13-8-10-14(20)11-9-13/h1-2,5-6,8-11,17,20-21H,3-4,7,12H2. The van der Waals surface area contributed by atoms with Gasteiger partial charge in [-0.3, -0.25) is 0 Å². The van der Waals surface area contributed by atoms with Gasteiger partial charge in [-0.15, -0.1) is 0 Å². The van der Waals surface area contributed by atoms with Gasteiger partial charge in [0.05, 0.1) is 6.10 Å². The Labute approximate surface area is 123 Å². The number of halogens is 1. The first-order valence-electron chi connectivity index (χ1n) is 7.37. The topological polar surface area (TPSA) is 40.5 Å². The van der Waals surface area contributed by atoms with Gasteiger partial charge < -0.3 is 10.2 Å². The van der Waals surface area contributed by atoms with E-state index in [0.29, 0.717) is 18.4 Å². The molecule has 2 N–H and O–H groups in total. The number of rotatable bonds is 2. The van der Waals surface area contributed by atoms with E-state index < -0.39 is 11.5 Å². The van der Waals surface area contributed by atoms with E-state index in [2.05, 4.69) is 0 Å². The molecule has 1 fully saturated rings. The molecular weight excluding hydrogens is 267 g/mol. The van der Waals surface area contributed by atoms with Crippen LogP contribution in [-0.4, -0.2) is 16.3 Å². The average Bonchev–Trinajstić information content (AvgIpc) is 2.50. The zero-order valence-corrected chi connectivity index (χ0v) is 11.8. The van der Waals surface area contributed by atoms with Gasteiger partial charge in [-0.25, -0.2) is 4.39 Å². The van der Waals surface area contributed by atoms with E-state index in [0.717, 1.165) is 18.4 Å². The van der Waals surface area contributed by atoms with Crippen LogP contribution in [0.1, 0.15) is 36.8 Å². The molecule has 1 saturated carbocycles. The molecular formula is C18H19FO2. The molecule has 2 aromatic carbocycles. The van der Waals surface area contributed by atoms with E-state index >= 15 is 0 Å². The van der Waals surface area contributed by atoms with Crippen LogP contribution in [0.5, 0.6) is 5.75 Å². The summed E-state index contributed by atoms with van der Waals surface area (Å²) in [5.41, 5.74) is 0.678. The summed E-state index contributed by atoms with van der Waals surface area (Å²) in [6, 6.07) is 13.4. The van der Waals surface area contributed by atoms with Crippen LogP contribution in [-0.2, 0) is 5.41 Å². The summed E-state index contributed by atoms with van der Waals surface area (Å²) < 4.78 is 14.4. The molecule has 0 aliphatic heterocycles. The highest BCUT2D eigenvalue weighted by Crippen LogP contribution is 2.46. The zero-order valence-electron chi connectivity index (χ0n) is 11.8. The quantitative estimate of drug-likeness (QED) is 0.882. The minimum atomic E-state index is -0.725. The van der Waals surface area contributed by atoms with E-state index in [1.165, 1.54) is 6.07 Å². The van der Waals surface area contributed by atoms with Gasteiger partial charge in [0.15, 0.2) is 0 Å². The van der Waals surface area contributed by atoms with E-state index in [1.54, 1.807) is 36.4 Å². The summed E-state index contributed by atoms with van der Waals surface area (Å²) in [6.07, 6.45) is 2.66. The van der Waals surface area contributed by atoms with Crippen LogP contribution in [0, 0.1) is 5.82 Å². The van der Waals surface area contributed by atoms with E-state index in [4.69, 9.17) is 0 Å². The Morgan fingerprint density at radius 1 is 1.00 bits per heavy atom. The van der Waals surface area contributed by atoms with Gasteiger partial charge in [-0.2, -0.15) is 0 Å². The minimum absolute atomic E-state index is 0.174. The summed E-state index contributed by atoms with van der Waals surface area (Å²) in [6.45, 7) is 0. The molecule has 0 spiro atoms. The van der Waals surface area contributed by atoms with Gasteiger partial charge >= 0.3 is 0 Å². The number of benzene rings is 2. The maximum absolute atomic E-state index is 14.4. The predicted molar refractivity (Wildman–Crippen MR) is 79.8 cm³/mol. The summed E-state index contributed by atoms with van der Waals surface area (Å²) in [5.74, 6) is -0.112. The third-order valence-corrected chi connectivity index (χ3v) is 4.60. The van der Waals surface area contributed by atoms with Crippen LogP contribution in [0.25, 0.3) is 0 Å². The van der Waals surface area contributed by atoms with Gasteiger partial charge in [-0.1, -0.05) is 43.2 Å². The second-order valence-electron chi connectivity index (χ2n) is 5.76. The van der Waals surface area contributed by atoms with E-state index in [9.17, 15) is 14.6 Å². The van der Waals surface area contributed by atoms with Crippen LogP contribution < -0.4 is 0 Å². The second kappa shape index (κ2) is 5.49. The van der Waals surface area contributed by atoms with Crippen molar-refractivity contribution >= 4 is 0 Å². The molecule has 2 nitrogen and oxygen atoms in total. The maximum atomic E-state index is 14.4. The first-order valence-corrected chi connectivity index (χ1v) is 7.37. The minimum Gasteiger partial charge on any atom is -0.508 e. The number of hydrogen-bond acceptors (Lipinski definition) is 2. The number of aliphatic hydroxyl groups excluding tert-OH is 1. The van der Waals surface area contributed by atoms with Crippen molar-refractivity contribution < 1.29 is 14.6 Å². The van der Waals surface area contributed by atoms with Gasteiger partial charge in [-0.05, 0) is 36.6 Å². The lowest BCUT2D eigenvalue weighted by Crippen LogP contribution is -2.43. The smallest absolute Gasteiger partial charge is 0.127 e. The summed E-state index contributed by atoms with van der Waals surface area (Å²) in [5, 5.41) is 20.2. The lowest BCUT2D eigenvalue weighted by atomic mass is 9.63. The predicted octanol–water partition coefficient (Wildman–Crippen LogP) is 3.75. The molecule has 3 heteroatoms. The largest absolute Gasteiger partial charge is 0.508 e. The highest BCUT2D eigenvalue weighted by atomic mass is 19.1. The molecule has 0 bridgehead atoms. The molecule has 0 aromatic heterocycles. The normalized spacial score (nSPS) is 25.7. The molecule has 2 aromatic rings. The first-order chi connectivity index (χ1) is 10.1. The van der Waals surface area contributed by atoms with Gasteiger partial charge in [0.2, 0.25) is 0 Å². The van der Waals surface area contributed by atoms with Crippen molar-refractivity contribution in [3.63, 3.8) is 0 Å². The lowest BCUT2D eigenvalue weighted by molar-refractivity contribution is 0.0619. The SMILES string of the molecule is Oc1ccc(C2(c3ccccc3F)CCCCC2O)cc1. The Morgan fingerprint density at radius 3 is 2.38 bits per heavy atom. The van der Waals surface area contributed by atoms with E-state index in [1.807, 2.05) is 6.07 Å². The fraction of sp³-hybridized carbons (Fsp3) is 0.333. The van der Waals surface area contributed by atoms with Crippen molar-refractivity contribution in [2.75, 3.05) is 0 Å². The molecule has 2 unspecified atom stereocenters. The van der Waals surface area contributed by atoms with Crippen LogP contribution in [0.2, 0.25) is 0 Å². The van der Waals surface area contributed by atoms with Crippen LogP contribution >= 0.6 is 0 Å². The molecule has 110 valence electrons. The molecule has 1 aliphatic carbocycles. The Kier molecular flexibility index (Phi) is 3.68. The molecule has 21 heavy (non-hydrogen) atoms. The van der Waals surface area contributed by atoms with Crippen LogP contribution in [0.3, 0.4) is 0 Å². The fourth-order valence-corrected chi connectivity index (χ4v) is 3.54. The maximum Gasteiger partial charge on any atom is 0.127 e. The van der Waals surface area contributed by atoms with E-state index in [-0.39, 0.29) is 11.6 Å². The van der Waals surface area contributed by atoms with Gasteiger partial charge in [0, 0.05) is 11.0 Å². The zero-order chi connectivity index (χ0) is 14.9. The highest BCUT2D eigenvalue weighted by Gasteiger charge is 2.44. The van der Waals surface area contributed by atoms with Gasteiger partial charge in [0.1, 0.15) is 11.6 Å². The molecule has 0 heterocycles. The Hall–Kier alpha value is -1.87. The lowest BCUT2D eigenvalue weighted by Gasteiger charge is -2.42. The Morgan fingerprint density at radius 2 is 1.71 bits per heavy atom. The Balaban J connectivity index is 2.20. The summed E-state index contributed by atoms with van der Waals surface area (Å²) in [7, 11) is 0. The second-order valence-corrected chi connectivity index (χ2v) is 5.76. The molecule has 0 radical (unpaired) electrons. The Bertz CT molecular complexity index is 623. The monoisotopic (exact) mass is 286 g/mol. The van der Waals surface area contributed by atoms with Crippen molar-refractivity contribution in [2.24, 2.45) is 0 Å². The number of phenolic OH excluding ortho intramolecular Hbond substituents is 1. The van der Waals surface area contributed by atoms with Crippen LogP contribution in [0.15, 0.2) is 48.5 Å². The molecule has 0 saturated heterocycles. The van der Waals surface area contributed by atoms with Crippen molar-refractivity contribution in [1.29, 1.82) is 0 Å². The fourth-order valence-electron chi connectivity index (χ4n) is 3.54. The molecule has 0 amide bonds. The van der Waals surface area contributed by atoms with Crippen molar-refractivity contribution in [1.82, 2.24) is 0 Å². The number of phenols is 1. The number of aromatic hydroxyl groups is 1. The summed E-state index contributed by atoms with van der Waals surface area (Å²) >= 11 is 0. The average molecular weight is 286 g/mol. The van der Waals surface area contributed by atoms with Crippen LogP contribution in [0.4, 0.5) is 4.39 Å². The van der Waals surface area contributed by atoms with Gasteiger partial charge in [0.25, 0.3) is 0 Å². The number of hydrogen-bond donors (Lipinski definition) is 2. The number of aliphatic hydroxyl groups is 1. The molecule has 3 rings (SSSR count).